The summed E-state index contributed by atoms with van der Waals surface area (Å²) >= 11 is 0. The monoisotopic (exact) mass is 390 g/mol. The largest absolute Gasteiger partial charge is 0.350 e. The molecule has 2 aromatic rings. The summed E-state index contributed by atoms with van der Waals surface area (Å²) < 4.78 is 25.8. The number of carbonyl (C=O) groups is 1. The molecule has 0 heterocycles. The van der Waals surface area contributed by atoms with E-state index >= 15 is 0 Å². The van der Waals surface area contributed by atoms with Crippen LogP contribution in [0.5, 0.6) is 0 Å². The Labute approximate surface area is 156 Å². The normalized spacial score (nSPS) is 13.8. The van der Waals surface area contributed by atoms with Crippen LogP contribution in [-0.4, -0.2) is 26.3 Å². The second kappa shape index (κ2) is 7.33. The summed E-state index contributed by atoms with van der Waals surface area (Å²) in [6, 6.07) is 10.4. The van der Waals surface area contributed by atoms with Gasteiger partial charge in [0.25, 0.3) is 5.69 Å². The van der Waals surface area contributed by atoms with Crippen LogP contribution < -0.4 is 15.4 Å². The SMILES string of the molecule is CNS(=O)(=O)c1ccc(Nc2cccc(NC(=O)C3CC3)c2)c([N+](=O)[O-])c1. The smallest absolute Gasteiger partial charge is 0.294 e. The van der Waals surface area contributed by atoms with Crippen molar-refractivity contribution >= 4 is 38.7 Å². The molecule has 9 nitrogen and oxygen atoms in total. The maximum Gasteiger partial charge on any atom is 0.294 e. The summed E-state index contributed by atoms with van der Waals surface area (Å²) in [6.07, 6.45) is 1.77. The summed E-state index contributed by atoms with van der Waals surface area (Å²) in [5.41, 5.74) is 0.865. The fraction of sp³-hybridized carbons (Fsp3) is 0.235. The van der Waals surface area contributed by atoms with E-state index in [2.05, 4.69) is 15.4 Å². The topological polar surface area (TPSA) is 130 Å². The highest BCUT2D eigenvalue weighted by Gasteiger charge is 2.29. The molecule has 1 aliphatic carbocycles. The number of hydrogen-bond acceptors (Lipinski definition) is 6. The van der Waals surface area contributed by atoms with Gasteiger partial charge in [-0.25, -0.2) is 13.1 Å². The average Bonchev–Trinajstić information content (AvgIpc) is 3.47. The molecule has 0 unspecified atom stereocenters. The minimum absolute atomic E-state index is 0.0419. The molecule has 1 saturated carbocycles. The van der Waals surface area contributed by atoms with Crippen molar-refractivity contribution in [1.82, 2.24) is 4.72 Å². The van der Waals surface area contributed by atoms with Gasteiger partial charge in [-0.05, 0) is 50.2 Å². The molecule has 0 radical (unpaired) electrons. The van der Waals surface area contributed by atoms with E-state index in [9.17, 15) is 23.3 Å². The molecule has 1 amide bonds. The lowest BCUT2D eigenvalue weighted by Gasteiger charge is -2.11. The second-order valence-corrected chi connectivity index (χ2v) is 8.00. The van der Waals surface area contributed by atoms with E-state index in [-0.39, 0.29) is 28.1 Å². The van der Waals surface area contributed by atoms with Crippen molar-refractivity contribution in [3.8, 4) is 0 Å². The highest BCUT2D eigenvalue weighted by molar-refractivity contribution is 7.89. The molecule has 1 aliphatic rings. The van der Waals surface area contributed by atoms with E-state index in [0.717, 1.165) is 18.9 Å². The van der Waals surface area contributed by atoms with Crippen LogP contribution in [0.3, 0.4) is 0 Å². The van der Waals surface area contributed by atoms with E-state index in [1.54, 1.807) is 24.3 Å². The molecule has 3 rings (SSSR count). The van der Waals surface area contributed by atoms with E-state index in [0.29, 0.717) is 11.4 Å². The minimum atomic E-state index is -3.80. The van der Waals surface area contributed by atoms with Gasteiger partial charge in [0.2, 0.25) is 15.9 Å². The third-order valence-corrected chi connectivity index (χ3v) is 5.51. The summed E-state index contributed by atoms with van der Waals surface area (Å²) in [6.45, 7) is 0. The lowest BCUT2D eigenvalue weighted by molar-refractivity contribution is -0.384. The predicted molar refractivity (Wildman–Crippen MR) is 100 cm³/mol. The molecule has 0 bridgehead atoms. The maximum atomic E-state index is 11.9. The molecule has 0 spiro atoms. The van der Waals surface area contributed by atoms with Crippen LogP contribution in [0.4, 0.5) is 22.7 Å². The standard InChI is InChI=1S/C17H18N4O5S/c1-18-27(25,26)14-7-8-15(16(10-14)21(23)24)19-12-3-2-4-13(9-12)20-17(22)11-5-6-11/h2-4,7-11,18-19H,5-6H2,1H3,(H,20,22). The lowest BCUT2D eigenvalue weighted by Crippen LogP contribution is -2.18. The molecule has 0 aromatic heterocycles. The molecule has 0 saturated heterocycles. The molecule has 142 valence electrons. The molecule has 3 N–H and O–H groups in total. The van der Waals surface area contributed by atoms with Crippen LogP contribution in [-0.2, 0) is 14.8 Å². The number of rotatable bonds is 7. The summed E-state index contributed by atoms with van der Waals surface area (Å²) in [4.78, 5) is 22.4. The molecule has 10 heteroatoms. The van der Waals surface area contributed by atoms with Crippen molar-refractivity contribution in [3.05, 3.63) is 52.6 Å². The number of sulfonamides is 1. The van der Waals surface area contributed by atoms with E-state index in [1.165, 1.54) is 19.2 Å². The van der Waals surface area contributed by atoms with Crippen LogP contribution in [0.25, 0.3) is 0 Å². The van der Waals surface area contributed by atoms with Crippen molar-refractivity contribution in [2.45, 2.75) is 17.7 Å². The van der Waals surface area contributed by atoms with Crippen molar-refractivity contribution in [1.29, 1.82) is 0 Å². The third-order valence-electron chi connectivity index (χ3n) is 4.10. The van der Waals surface area contributed by atoms with Gasteiger partial charge in [0.15, 0.2) is 0 Å². The molecule has 0 atom stereocenters. The number of carbonyl (C=O) groups excluding carboxylic acids is 1. The van der Waals surface area contributed by atoms with Gasteiger partial charge >= 0.3 is 0 Å². The Bertz CT molecular complexity index is 1000. The first-order chi connectivity index (χ1) is 12.8. The molecular formula is C17H18N4O5S. The van der Waals surface area contributed by atoms with Crippen molar-refractivity contribution in [2.75, 3.05) is 17.7 Å². The first kappa shape index (κ1) is 18.8. The Kier molecular flexibility index (Phi) is 5.10. The summed E-state index contributed by atoms with van der Waals surface area (Å²) in [5.74, 6) is 0.0177. The first-order valence-electron chi connectivity index (χ1n) is 8.20. The maximum absolute atomic E-state index is 11.9. The van der Waals surface area contributed by atoms with Crippen LogP contribution in [0.2, 0.25) is 0 Å². The number of nitrogens with zero attached hydrogens (tertiary/aromatic N) is 1. The number of nitro groups is 1. The van der Waals surface area contributed by atoms with Gasteiger partial charge in [-0.1, -0.05) is 6.07 Å². The van der Waals surface area contributed by atoms with E-state index in [4.69, 9.17) is 0 Å². The van der Waals surface area contributed by atoms with Gasteiger partial charge in [-0.15, -0.1) is 0 Å². The zero-order valence-electron chi connectivity index (χ0n) is 14.4. The van der Waals surface area contributed by atoms with E-state index < -0.39 is 14.9 Å². The van der Waals surface area contributed by atoms with Crippen LogP contribution in [0.15, 0.2) is 47.4 Å². The fourth-order valence-electron chi connectivity index (χ4n) is 2.47. The number of nitro benzene ring substituents is 1. The van der Waals surface area contributed by atoms with E-state index in [1.807, 2.05) is 0 Å². The average molecular weight is 390 g/mol. The molecular weight excluding hydrogens is 372 g/mol. The van der Waals surface area contributed by atoms with Crippen LogP contribution in [0, 0.1) is 16.0 Å². The number of nitrogens with one attached hydrogen (secondary N) is 3. The van der Waals surface area contributed by atoms with Crippen LogP contribution in [0.1, 0.15) is 12.8 Å². The lowest BCUT2D eigenvalue weighted by atomic mass is 10.2. The molecule has 2 aromatic carbocycles. The van der Waals surface area contributed by atoms with Gasteiger partial charge in [0.05, 0.1) is 9.82 Å². The Hall–Kier alpha value is -2.98. The molecule has 1 fully saturated rings. The van der Waals surface area contributed by atoms with Gasteiger partial charge in [-0.3, -0.25) is 14.9 Å². The van der Waals surface area contributed by atoms with Gasteiger partial charge < -0.3 is 10.6 Å². The number of hydrogen-bond donors (Lipinski definition) is 3. The van der Waals surface area contributed by atoms with Gasteiger partial charge in [0, 0.05) is 23.4 Å². The highest BCUT2D eigenvalue weighted by atomic mass is 32.2. The zero-order chi connectivity index (χ0) is 19.6. The predicted octanol–water partition coefficient (Wildman–Crippen LogP) is 2.60. The number of benzene rings is 2. The summed E-state index contributed by atoms with van der Waals surface area (Å²) in [5, 5.41) is 17.1. The summed E-state index contributed by atoms with van der Waals surface area (Å²) in [7, 11) is -2.57. The zero-order valence-corrected chi connectivity index (χ0v) is 15.2. The molecule has 27 heavy (non-hydrogen) atoms. The Morgan fingerprint density at radius 1 is 1.15 bits per heavy atom. The Morgan fingerprint density at radius 3 is 2.48 bits per heavy atom. The first-order valence-corrected chi connectivity index (χ1v) is 9.68. The third kappa shape index (κ3) is 4.41. The quantitative estimate of drug-likeness (QED) is 0.492. The second-order valence-electron chi connectivity index (χ2n) is 6.11. The van der Waals surface area contributed by atoms with Crippen molar-refractivity contribution in [2.24, 2.45) is 5.92 Å². The van der Waals surface area contributed by atoms with Gasteiger partial charge in [0.1, 0.15) is 5.69 Å². The fourth-order valence-corrected chi connectivity index (χ4v) is 3.22. The minimum Gasteiger partial charge on any atom is -0.350 e. The van der Waals surface area contributed by atoms with Crippen LogP contribution >= 0.6 is 0 Å². The number of amides is 1. The van der Waals surface area contributed by atoms with Crippen molar-refractivity contribution in [3.63, 3.8) is 0 Å². The molecule has 0 aliphatic heterocycles. The Balaban J connectivity index is 1.86. The highest BCUT2D eigenvalue weighted by Crippen LogP contribution is 2.32. The Morgan fingerprint density at radius 2 is 1.85 bits per heavy atom. The van der Waals surface area contributed by atoms with Gasteiger partial charge in [-0.2, -0.15) is 0 Å². The number of anilines is 3. The van der Waals surface area contributed by atoms with Crippen molar-refractivity contribution < 1.29 is 18.1 Å².